The lowest BCUT2D eigenvalue weighted by Crippen LogP contribution is -2.43. The Balaban J connectivity index is 1.48. The molecule has 0 radical (unpaired) electrons. The largest absolute Gasteiger partial charge is 0.381 e. The summed E-state index contributed by atoms with van der Waals surface area (Å²) in [5, 5.41) is 15.0. The third kappa shape index (κ3) is 3.93. The number of fused-ring (bicyclic) bond motifs is 1. The molecular weight excluding hydrogens is 316 g/mol. The number of nitrogens with one attached hydrogen (secondary N) is 2. The SMILES string of the molecule is CNC(CC(C)C(=O)N1C[C@@H]2C(NC#N)[C@@H]2C1)C1CCCC(OC)C1. The Morgan fingerprint density at radius 2 is 2.08 bits per heavy atom. The van der Waals surface area contributed by atoms with E-state index in [2.05, 4.69) is 17.6 Å². The summed E-state index contributed by atoms with van der Waals surface area (Å²) in [6, 6.07) is 0.685. The number of hydrogen-bond acceptors (Lipinski definition) is 5. The van der Waals surface area contributed by atoms with Gasteiger partial charge in [-0.3, -0.25) is 4.79 Å². The first-order chi connectivity index (χ1) is 12.1. The number of amides is 1. The lowest BCUT2D eigenvalue weighted by atomic mass is 9.79. The summed E-state index contributed by atoms with van der Waals surface area (Å²) in [7, 11) is 3.82. The molecule has 3 aliphatic rings. The van der Waals surface area contributed by atoms with Crippen LogP contribution in [0.1, 0.15) is 39.0 Å². The minimum Gasteiger partial charge on any atom is -0.381 e. The van der Waals surface area contributed by atoms with Gasteiger partial charge in [0.15, 0.2) is 6.19 Å². The number of methoxy groups -OCH3 is 1. The summed E-state index contributed by atoms with van der Waals surface area (Å²) >= 11 is 0. The van der Waals surface area contributed by atoms with Crippen LogP contribution in [0.4, 0.5) is 0 Å². The van der Waals surface area contributed by atoms with Crippen molar-refractivity contribution in [3.63, 3.8) is 0 Å². The maximum Gasteiger partial charge on any atom is 0.225 e. The van der Waals surface area contributed by atoms with Crippen LogP contribution >= 0.6 is 0 Å². The number of likely N-dealkylation sites (tertiary alicyclic amines) is 1. The highest BCUT2D eigenvalue weighted by Gasteiger charge is 2.57. The second-order valence-corrected chi connectivity index (χ2v) is 8.17. The smallest absolute Gasteiger partial charge is 0.225 e. The molecule has 6 heteroatoms. The van der Waals surface area contributed by atoms with Crippen LogP contribution in [0.3, 0.4) is 0 Å². The third-order valence-corrected chi connectivity index (χ3v) is 6.71. The van der Waals surface area contributed by atoms with Crippen molar-refractivity contribution < 1.29 is 9.53 Å². The quantitative estimate of drug-likeness (QED) is 0.536. The summed E-state index contributed by atoms with van der Waals surface area (Å²) in [6.45, 7) is 3.69. The van der Waals surface area contributed by atoms with E-state index in [1.54, 1.807) is 7.11 Å². The minimum atomic E-state index is 0.0419. The molecular formula is C19H32N4O2. The van der Waals surface area contributed by atoms with Crippen molar-refractivity contribution >= 4 is 5.91 Å². The van der Waals surface area contributed by atoms with E-state index in [1.165, 1.54) is 12.8 Å². The summed E-state index contributed by atoms with van der Waals surface area (Å²) < 4.78 is 5.56. The summed E-state index contributed by atoms with van der Waals surface area (Å²) in [5.74, 6) is 1.88. The number of rotatable bonds is 7. The van der Waals surface area contributed by atoms with Gasteiger partial charge in [-0.05, 0) is 38.6 Å². The Labute approximate surface area is 151 Å². The highest BCUT2D eigenvalue weighted by Crippen LogP contribution is 2.45. The van der Waals surface area contributed by atoms with E-state index < -0.39 is 0 Å². The molecule has 1 saturated heterocycles. The summed E-state index contributed by atoms with van der Waals surface area (Å²) in [6.07, 6.45) is 7.99. The molecule has 0 aromatic heterocycles. The Kier molecular flexibility index (Phi) is 5.85. The van der Waals surface area contributed by atoms with Gasteiger partial charge in [-0.1, -0.05) is 13.3 Å². The van der Waals surface area contributed by atoms with Crippen molar-refractivity contribution in [3.05, 3.63) is 0 Å². The Hall–Kier alpha value is -1.32. The summed E-state index contributed by atoms with van der Waals surface area (Å²) in [4.78, 5) is 14.8. The number of piperidine rings is 1. The predicted molar refractivity (Wildman–Crippen MR) is 95.5 cm³/mol. The molecule has 25 heavy (non-hydrogen) atoms. The molecule has 1 amide bonds. The van der Waals surface area contributed by atoms with Gasteiger partial charge in [0.1, 0.15) is 0 Å². The van der Waals surface area contributed by atoms with Gasteiger partial charge < -0.3 is 20.3 Å². The molecule has 1 aliphatic heterocycles. The summed E-state index contributed by atoms with van der Waals surface area (Å²) in [5.41, 5.74) is 0. The molecule has 0 aromatic carbocycles. The molecule has 3 fully saturated rings. The maximum absolute atomic E-state index is 12.8. The first-order valence-corrected chi connectivity index (χ1v) is 9.72. The Morgan fingerprint density at radius 1 is 1.36 bits per heavy atom. The van der Waals surface area contributed by atoms with Crippen molar-refractivity contribution in [1.82, 2.24) is 15.5 Å². The van der Waals surface area contributed by atoms with Crippen LogP contribution in [0.5, 0.6) is 0 Å². The van der Waals surface area contributed by atoms with Crippen LogP contribution in [0.2, 0.25) is 0 Å². The van der Waals surface area contributed by atoms with Crippen LogP contribution in [-0.2, 0) is 9.53 Å². The number of hydrogen-bond donors (Lipinski definition) is 2. The number of carbonyl (C=O) groups excluding carboxylic acids is 1. The van der Waals surface area contributed by atoms with Crippen LogP contribution < -0.4 is 10.6 Å². The number of ether oxygens (including phenoxy) is 1. The first kappa shape index (κ1) is 18.5. The maximum atomic E-state index is 12.8. The van der Waals surface area contributed by atoms with E-state index in [1.807, 2.05) is 18.1 Å². The molecule has 2 aliphatic carbocycles. The van der Waals surface area contributed by atoms with E-state index in [0.29, 0.717) is 35.9 Å². The van der Waals surface area contributed by atoms with Gasteiger partial charge in [0, 0.05) is 50.0 Å². The zero-order valence-corrected chi connectivity index (χ0v) is 15.7. The third-order valence-electron chi connectivity index (χ3n) is 6.71. The topological polar surface area (TPSA) is 77.4 Å². The van der Waals surface area contributed by atoms with E-state index in [0.717, 1.165) is 32.4 Å². The lowest BCUT2D eigenvalue weighted by Gasteiger charge is -2.35. The van der Waals surface area contributed by atoms with E-state index in [9.17, 15) is 4.79 Å². The van der Waals surface area contributed by atoms with E-state index in [-0.39, 0.29) is 11.8 Å². The van der Waals surface area contributed by atoms with Crippen molar-refractivity contribution in [3.8, 4) is 6.19 Å². The van der Waals surface area contributed by atoms with E-state index >= 15 is 0 Å². The molecule has 0 bridgehead atoms. The van der Waals surface area contributed by atoms with Gasteiger partial charge >= 0.3 is 0 Å². The standard InChI is InChI=1S/C19H32N4O2/c1-12(7-17(21-2)13-5-4-6-14(8-13)25-3)19(24)23-9-15-16(10-23)18(15)22-11-20/h12-18,21-22H,4-10H2,1-3H3/t12?,13?,14?,15-,16+,17?,18?. The second kappa shape index (κ2) is 7.92. The van der Waals surface area contributed by atoms with Crippen molar-refractivity contribution in [2.75, 3.05) is 27.2 Å². The van der Waals surface area contributed by atoms with Crippen LogP contribution in [-0.4, -0.2) is 56.2 Å². The Morgan fingerprint density at radius 3 is 2.68 bits per heavy atom. The van der Waals surface area contributed by atoms with Gasteiger partial charge in [-0.2, -0.15) is 5.26 Å². The average molecular weight is 348 g/mol. The fourth-order valence-corrected chi connectivity index (χ4v) is 5.09. The van der Waals surface area contributed by atoms with Gasteiger partial charge in [0.2, 0.25) is 5.91 Å². The molecule has 140 valence electrons. The Bertz CT molecular complexity index is 508. The molecule has 2 saturated carbocycles. The van der Waals surface area contributed by atoms with Gasteiger partial charge in [0.25, 0.3) is 0 Å². The van der Waals surface area contributed by atoms with Crippen molar-refractivity contribution in [2.45, 2.75) is 57.2 Å². The zero-order chi connectivity index (χ0) is 18.0. The molecule has 2 N–H and O–H groups in total. The molecule has 6 nitrogen and oxygen atoms in total. The zero-order valence-electron chi connectivity index (χ0n) is 15.7. The van der Waals surface area contributed by atoms with Crippen LogP contribution in [0.15, 0.2) is 0 Å². The second-order valence-electron chi connectivity index (χ2n) is 8.17. The molecule has 5 unspecified atom stereocenters. The molecule has 1 heterocycles. The van der Waals surface area contributed by atoms with Crippen LogP contribution in [0, 0.1) is 35.1 Å². The molecule has 7 atom stereocenters. The predicted octanol–water partition coefficient (Wildman–Crippen LogP) is 1.33. The van der Waals surface area contributed by atoms with Crippen LogP contribution in [0.25, 0.3) is 0 Å². The van der Waals surface area contributed by atoms with Gasteiger partial charge in [0.05, 0.1) is 6.10 Å². The highest BCUT2D eigenvalue weighted by atomic mass is 16.5. The number of nitriles is 1. The fraction of sp³-hybridized carbons (Fsp3) is 0.895. The number of nitrogens with zero attached hydrogens (tertiary/aromatic N) is 2. The minimum absolute atomic E-state index is 0.0419. The number of carbonyl (C=O) groups is 1. The fourth-order valence-electron chi connectivity index (χ4n) is 5.09. The van der Waals surface area contributed by atoms with Crippen molar-refractivity contribution in [1.29, 1.82) is 5.26 Å². The first-order valence-electron chi connectivity index (χ1n) is 9.72. The van der Waals surface area contributed by atoms with Gasteiger partial charge in [-0.25, -0.2) is 0 Å². The lowest BCUT2D eigenvalue weighted by molar-refractivity contribution is -0.135. The monoisotopic (exact) mass is 348 g/mol. The molecule has 0 spiro atoms. The molecule has 3 rings (SSSR count). The van der Waals surface area contributed by atoms with Crippen molar-refractivity contribution in [2.24, 2.45) is 23.7 Å². The average Bonchev–Trinajstić information content (AvgIpc) is 3.07. The molecule has 0 aromatic rings. The normalized spacial score (nSPS) is 36.2. The van der Waals surface area contributed by atoms with E-state index in [4.69, 9.17) is 10.00 Å². The highest BCUT2D eigenvalue weighted by molar-refractivity contribution is 5.79. The van der Waals surface area contributed by atoms with Gasteiger partial charge in [-0.15, -0.1) is 0 Å².